The third kappa shape index (κ3) is 0.578. The molecule has 0 amide bonds. The van der Waals surface area contributed by atoms with Gasteiger partial charge >= 0.3 is 0 Å². The van der Waals surface area contributed by atoms with E-state index in [-0.39, 0.29) is 0 Å². The molecule has 3 nitrogen and oxygen atoms in total. The molecule has 0 aliphatic heterocycles. The van der Waals surface area contributed by atoms with E-state index in [1.54, 1.807) is 18.5 Å². The minimum atomic E-state index is 0.611. The number of aromatic nitrogens is 2. The molecule has 0 radical (unpaired) electrons. The van der Waals surface area contributed by atoms with Crippen LogP contribution in [-0.4, -0.2) is 9.78 Å². The summed E-state index contributed by atoms with van der Waals surface area (Å²) >= 11 is 0. The maximum absolute atomic E-state index is 5.38. The molecule has 0 spiro atoms. The third-order valence-corrected chi connectivity index (χ3v) is 0.874. The molecule has 1 heterocycles. The first-order valence-corrected chi connectivity index (χ1v) is 2.26. The maximum atomic E-state index is 5.38. The average molecular weight is 109 g/mol. The molecule has 2 N–H and O–H groups in total. The molecular formula is C5H7N3. The monoisotopic (exact) mass is 109 g/mol. The summed E-state index contributed by atoms with van der Waals surface area (Å²) in [6, 6.07) is 1.71. The van der Waals surface area contributed by atoms with Gasteiger partial charge in [0.2, 0.25) is 0 Å². The van der Waals surface area contributed by atoms with Crippen LogP contribution >= 0.6 is 0 Å². The SMILES string of the molecule is C=Cn1nccc1N. The van der Waals surface area contributed by atoms with Crippen molar-refractivity contribution in [3.63, 3.8) is 0 Å². The van der Waals surface area contributed by atoms with Crippen molar-refractivity contribution >= 4 is 12.0 Å². The van der Waals surface area contributed by atoms with Gasteiger partial charge in [0, 0.05) is 12.3 Å². The lowest BCUT2D eigenvalue weighted by Gasteiger charge is -1.89. The van der Waals surface area contributed by atoms with E-state index in [4.69, 9.17) is 5.73 Å². The van der Waals surface area contributed by atoms with Gasteiger partial charge in [-0.3, -0.25) is 0 Å². The Bertz CT molecular complexity index is 189. The maximum Gasteiger partial charge on any atom is 0.126 e. The first kappa shape index (κ1) is 4.90. The molecule has 3 heteroatoms. The lowest BCUT2D eigenvalue weighted by Crippen LogP contribution is -1.94. The fourth-order valence-corrected chi connectivity index (χ4v) is 0.477. The number of hydrogen-bond donors (Lipinski definition) is 1. The van der Waals surface area contributed by atoms with Gasteiger partial charge in [-0.2, -0.15) is 5.10 Å². The first-order valence-electron chi connectivity index (χ1n) is 2.26. The summed E-state index contributed by atoms with van der Waals surface area (Å²) < 4.78 is 1.50. The van der Waals surface area contributed by atoms with E-state index in [1.807, 2.05) is 0 Å². The predicted octanol–water partition coefficient (Wildman–Crippen LogP) is 0.566. The van der Waals surface area contributed by atoms with Crippen molar-refractivity contribution in [2.75, 3.05) is 5.73 Å². The van der Waals surface area contributed by atoms with Gasteiger partial charge in [-0.25, -0.2) is 4.68 Å². The molecule has 8 heavy (non-hydrogen) atoms. The smallest absolute Gasteiger partial charge is 0.126 e. The Morgan fingerprint density at radius 1 is 1.88 bits per heavy atom. The quantitative estimate of drug-likeness (QED) is 0.572. The summed E-state index contributed by atoms with van der Waals surface area (Å²) in [5.74, 6) is 0.611. The van der Waals surface area contributed by atoms with E-state index in [0.29, 0.717) is 5.82 Å². The molecule has 1 aromatic heterocycles. The van der Waals surface area contributed by atoms with Gasteiger partial charge in [-0.05, 0) is 0 Å². The highest BCUT2D eigenvalue weighted by Crippen LogP contribution is 1.97. The second kappa shape index (κ2) is 1.69. The minimum absolute atomic E-state index is 0.611. The van der Waals surface area contributed by atoms with Crippen molar-refractivity contribution in [2.24, 2.45) is 0 Å². The van der Waals surface area contributed by atoms with Crippen molar-refractivity contribution < 1.29 is 0 Å². The molecule has 0 atom stereocenters. The van der Waals surface area contributed by atoms with Crippen LogP contribution in [0.25, 0.3) is 6.20 Å². The highest BCUT2D eigenvalue weighted by atomic mass is 15.3. The zero-order chi connectivity index (χ0) is 5.98. The van der Waals surface area contributed by atoms with Crippen molar-refractivity contribution in [3.05, 3.63) is 18.8 Å². The predicted molar refractivity (Wildman–Crippen MR) is 33.0 cm³/mol. The Hall–Kier alpha value is -1.25. The first-order chi connectivity index (χ1) is 3.84. The Labute approximate surface area is 47.4 Å². The second-order valence-electron chi connectivity index (χ2n) is 1.38. The molecule has 0 aliphatic carbocycles. The summed E-state index contributed by atoms with van der Waals surface area (Å²) in [7, 11) is 0. The van der Waals surface area contributed by atoms with Crippen LogP contribution in [0.2, 0.25) is 0 Å². The summed E-state index contributed by atoms with van der Waals surface area (Å²) in [6.07, 6.45) is 3.17. The molecular weight excluding hydrogens is 102 g/mol. The number of rotatable bonds is 1. The average Bonchev–Trinajstić information content (AvgIpc) is 2.14. The zero-order valence-electron chi connectivity index (χ0n) is 4.41. The molecule has 0 aromatic carbocycles. The normalized spacial score (nSPS) is 9.00. The van der Waals surface area contributed by atoms with Crippen LogP contribution in [0.15, 0.2) is 18.8 Å². The van der Waals surface area contributed by atoms with Crippen LogP contribution in [0.3, 0.4) is 0 Å². The van der Waals surface area contributed by atoms with Gasteiger partial charge in [0.1, 0.15) is 5.82 Å². The lowest BCUT2D eigenvalue weighted by atomic mass is 10.7. The molecule has 0 unspecified atom stereocenters. The summed E-state index contributed by atoms with van der Waals surface area (Å²) in [6.45, 7) is 3.48. The molecule has 0 aliphatic rings. The zero-order valence-corrected chi connectivity index (χ0v) is 4.41. The fourth-order valence-electron chi connectivity index (χ4n) is 0.477. The Kier molecular flexibility index (Phi) is 1.04. The highest BCUT2D eigenvalue weighted by Gasteiger charge is 1.87. The number of hydrogen-bond acceptors (Lipinski definition) is 2. The van der Waals surface area contributed by atoms with Crippen LogP contribution in [0.4, 0.5) is 5.82 Å². The fraction of sp³-hybridized carbons (Fsp3) is 0. The standard InChI is InChI=1S/C5H7N3/c1-2-8-5(6)3-4-7-8/h2-4H,1,6H2. The van der Waals surface area contributed by atoms with Gasteiger partial charge in [0.15, 0.2) is 0 Å². The van der Waals surface area contributed by atoms with Crippen LogP contribution in [0.1, 0.15) is 0 Å². The van der Waals surface area contributed by atoms with Crippen LogP contribution < -0.4 is 5.73 Å². The molecule has 0 bridgehead atoms. The molecule has 0 saturated heterocycles. The number of anilines is 1. The summed E-state index contributed by atoms with van der Waals surface area (Å²) in [4.78, 5) is 0. The molecule has 1 aromatic rings. The van der Waals surface area contributed by atoms with Crippen molar-refractivity contribution in [2.45, 2.75) is 0 Å². The van der Waals surface area contributed by atoms with Gasteiger partial charge in [0.05, 0.1) is 6.20 Å². The summed E-state index contributed by atoms with van der Waals surface area (Å²) in [5, 5.41) is 3.81. The van der Waals surface area contributed by atoms with Gasteiger partial charge in [0.25, 0.3) is 0 Å². The summed E-state index contributed by atoms with van der Waals surface area (Å²) in [5.41, 5.74) is 5.38. The van der Waals surface area contributed by atoms with Gasteiger partial charge < -0.3 is 5.73 Å². The Balaban J connectivity index is 3.09. The Morgan fingerprint density at radius 3 is 2.88 bits per heavy atom. The molecule has 0 saturated carbocycles. The van der Waals surface area contributed by atoms with Crippen LogP contribution in [0, 0.1) is 0 Å². The molecule has 0 fully saturated rings. The second-order valence-corrected chi connectivity index (χ2v) is 1.38. The number of nitrogens with two attached hydrogens (primary N) is 1. The van der Waals surface area contributed by atoms with E-state index in [9.17, 15) is 0 Å². The van der Waals surface area contributed by atoms with Crippen molar-refractivity contribution in [1.29, 1.82) is 0 Å². The topological polar surface area (TPSA) is 43.8 Å². The van der Waals surface area contributed by atoms with E-state index in [1.165, 1.54) is 4.68 Å². The number of nitrogen functional groups attached to an aromatic ring is 1. The highest BCUT2D eigenvalue weighted by molar-refractivity contribution is 5.35. The molecule has 42 valence electrons. The van der Waals surface area contributed by atoms with E-state index in [2.05, 4.69) is 11.7 Å². The van der Waals surface area contributed by atoms with Gasteiger partial charge in [-0.15, -0.1) is 0 Å². The van der Waals surface area contributed by atoms with Gasteiger partial charge in [-0.1, -0.05) is 6.58 Å². The van der Waals surface area contributed by atoms with Crippen molar-refractivity contribution in [3.8, 4) is 0 Å². The minimum Gasteiger partial charge on any atom is -0.384 e. The third-order valence-electron chi connectivity index (χ3n) is 0.874. The van der Waals surface area contributed by atoms with E-state index < -0.39 is 0 Å². The number of nitrogens with zero attached hydrogens (tertiary/aromatic N) is 2. The Morgan fingerprint density at radius 2 is 2.62 bits per heavy atom. The van der Waals surface area contributed by atoms with Crippen LogP contribution in [-0.2, 0) is 0 Å². The van der Waals surface area contributed by atoms with Crippen molar-refractivity contribution in [1.82, 2.24) is 9.78 Å². The van der Waals surface area contributed by atoms with Crippen LogP contribution in [0.5, 0.6) is 0 Å². The van der Waals surface area contributed by atoms with E-state index >= 15 is 0 Å². The van der Waals surface area contributed by atoms with E-state index in [0.717, 1.165) is 0 Å². The largest absolute Gasteiger partial charge is 0.384 e. The lowest BCUT2D eigenvalue weighted by molar-refractivity contribution is 0.947. The molecule has 1 rings (SSSR count).